The molecule has 1 amide bonds. The molecule has 4 rings (SSSR count). The van der Waals surface area contributed by atoms with Gasteiger partial charge >= 0.3 is 0 Å². The summed E-state index contributed by atoms with van der Waals surface area (Å²) in [6, 6.07) is 2.81. The number of anilines is 1. The largest absolute Gasteiger partial charge is 0.494 e. The Kier molecular flexibility index (Phi) is 7.32. The number of aliphatic hydroxyl groups is 1. The summed E-state index contributed by atoms with van der Waals surface area (Å²) in [5.74, 6) is 1.36. The zero-order valence-electron chi connectivity index (χ0n) is 19.9. The van der Waals surface area contributed by atoms with E-state index in [2.05, 4.69) is 10.4 Å². The van der Waals surface area contributed by atoms with Crippen LogP contribution in [-0.2, 0) is 11.3 Å². The lowest BCUT2D eigenvalue weighted by atomic mass is 9.97. The van der Waals surface area contributed by atoms with Gasteiger partial charge in [0.2, 0.25) is 5.91 Å². The molecule has 2 aromatic heterocycles. The van der Waals surface area contributed by atoms with Gasteiger partial charge in [0, 0.05) is 18.3 Å². The molecule has 0 saturated heterocycles. The molecule has 33 heavy (non-hydrogen) atoms. The molecule has 2 aliphatic rings. The van der Waals surface area contributed by atoms with Crippen LogP contribution in [0, 0.1) is 5.92 Å². The number of aromatic nitrogens is 3. The van der Waals surface area contributed by atoms with Gasteiger partial charge < -0.3 is 24.8 Å². The quantitative estimate of drug-likeness (QED) is 0.508. The third kappa shape index (κ3) is 6.53. The van der Waals surface area contributed by atoms with Crippen LogP contribution < -0.4 is 10.1 Å². The Labute approximate surface area is 195 Å². The minimum absolute atomic E-state index is 0.0477. The fourth-order valence-corrected chi connectivity index (χ4v) is 5.16. The number of ether oxygens (including phenoxy) is 1. The van der Waals surface area contributed by atoms with Crippen LogP contribution in [0.1, 0.15) is 84.1 Å². The lowest BCUT2D eigenvalue weighted by molar-refractivity contribution is -0.119. The van der Waals surface area contributed by atoms with Crippen molar-refractivity contribution in [1.29, 1.82) is 0 Å². The molecule has 2 heterocycles. The average Bonchev–Trinajstić information content (AvgIpc) is 3.48. The summed E-state index contributed by atoms with van der Waals surface area (Å²) in [6.45, 7) is 3.76. The lowest BCUT2D eigenvalue weighted by Crippen LogP contribution is -2.28. The van der Waals surface area contributed by atoms with E-state index in [1.165, 1.54) is 32.1 Å². The SMILES string of the molecule is CC(C)(O)Cn1ccc(NC(=O)[C@H](CC2CCCC2)n2cc(OC3CCCCC3)cc2O)n1. The smallest absolute Gasteiger partial charge is 0.248 e. The van der Waals surface area contributed by atoms with Crippen LogP contribution in [0.2, 0.25) is 0 Å². The van der Waals surface area contributed by atoms with E-state index in [1.807, 2.05) is 0 Å². The van der Waals surface area contributed by atoms with E-state index < -0.39 is 11.6 Å². The van der Waals surface area contributed by atoms with Crippen molar-refractivity contribution in [3.63, 3.8) is 0 Å². The Morgan fingerprint density at radius 2 is 1.91 bits per heavy atom. The molecule has 0 aromatic carbocycles. The van der Waals surface area contributed by atoms with Gasteiger partial charge in [0.1, 0.15) is 11.8 Å². The number of hydrogen-bond acceptors (Lipinski definition) is 5. The van der Waals surface area contributed by atoms with Crippen molar-refractivity contribution < 1.29 is 19.7 Å². The molecular weight excluding hydrogens is 420 g/mol. The van der Waals surface area contributed by atoms with Gasteiger partial charge in [0.25, 0.3) is 0 Å². The van der Waals surface area contributed by atoms with Gasteiger partial charge in [-0.3, -0.25) is 9.48 Å². The molecule has 2 aliphatic carbocycles. The molecule has 0 bridgehead atoms. The first-order valence-electron chi connectivity index (χ1n) is 12.4. The Morgan fingerprint density at radius 3 is 2.61 bits per heavy atom. The zero-order chi connectivity index (χ0) is 23.4. The van der Waals surface area contributed by atoms with Crippen LogP contribution in [0.4, 0.5) is 5.82 Å². The highest BCUT2D eigenvalue weighted by molar-refractivity contribution is 5.93. The van der Waals surface area contributed by atoms with Crippen LogP contribution in [0.15, 0.2) is 24.5 Å². The maximum absolute atomic E-state index is 13.4. The normalized spacial score (nSPS) is 19.0. The van der Waals surface area contributed by atoms with E-state index in [1.54, 1.807) is 47.6 Å². The summed E-state index contributed by atoms with van der Waals surface area (Å²) in [6.07, 6.45) is 14.6. The van der Waals surface area contributed by atoms with E-state index in [-0.39, 0.29) is 17.9 Å². The molecule has 8 nitrogen and oxygen atoms in total. The highest BCUT2D eigenvalue weighted by Crippen LogP contribution is 2.36. The van der Waals surface area contributed by atoms with Crippen molar-refractivity contribution in [2.45, 2.75) is 102 Å². The van der Waals surface area contributed by atoms with E-state index >= 15 is 0 Å². The zero-order valence-corrected chi connectivity index (χ0v) is 19.9. The molecule has 3 N–H and O–H groups in total. The van der Waals surface area contributed by atoms with Crippen molar-refractivity contribution >= 4 is 11.7 Å². The lowest BCUT2D eigenvalue weighted by Gasteiger charge is -2.23. The molecule has 0 radical (unpaired) electrons. The number of aromatic hydroxyl groups is 1. The molecular formula is C25H38N4O4. The minimum Gasteiger partial charge on any atom is -0.494 e. The fraction of sp³-hybridized carbons (Fsp3) is 0.680. The number of nitrogens with zero attached hydrogens (tertiary/aromatic N) is 3. The maximum Gasteiger partial charge on any atom is 0.248 e. The van der Waals surface area contributed by atoms with E-state index in [4.69, 9.17) is 4.74 Å². The number of nitrogens with one attached hydrogen (secondary N) is 1. The van der Waals surface area contributed by atoms with E-state index in [0.717, 1.165) is 25.7 Å². The molecule has 2 aromatic rings. The first-order chi connectivity index (χ1) is 15.8. The second-order valence-corrected chi connectivity index (χ2v) is 10.4. The predicted octanol–water partition coefficient (Wildman–Crippen LogP) is 4.63. The minimum atomic E-state index is -0.899. The summed E-state index contributed by atoms with van der Waals surface area (Å²) >= 11 is 0. The summed E-state index contributed by atoms with van der Waals surface area (Å²) in [5, 5.41) is 28.0. The Morgan fingerprint density at radius 1 is 1.21 bits per heavy atom. The van der Waals surface area contributed by atoms with Gasteiger partial charge in [-0.2, -0.15) is 5.10 Å². The van der Waals surface area contributed by atoms with E-state index in [9.17, 15) is 15.0 Å². The number of carbonyl (C=O) groups is 1. The fourth-order valence-electron chi connectivity index (χ4n) is 5.16. The first-order valence-corrected chi connectivity index (χ1v) is 12.4. The number of amides is 1. The van der Waals surface area contributed by atoms with Crippen molar-refractivity contribution in [2.24, 2.45) is 5.92 Å². The van der Waals surface area contributed by atoms with Crippen LogP contribution in [0.25, 0.3) is 0 Å². The van der Waals surface area contributed by atoms with Gasteiger partial charge in [-0.1, -0.05) is 32.1 Å². The van der Waals surface area contributed by atoms with Gasteiger partial charge in [-0.05, 0) is 51.9 Å². The molecule has 2 fully saturated rings. The monoisotopic (exact) mass is 458 g/mol. The van der Waals surface area contributed by atoms with Crippen LogP contribution in [0.5, 0.6) is 11.6 Å². The third-order valence-corrected chi connectivity index (χ3v) is 6.77. The Balaban J connectivity index is 1.49. The topological polar surface area (TPSA) is 102 Å². The first kappa shape index (κ1) is 23.7. The van der Waals surface area contributed by atoms with Crippen LogP contribution in [0.3, 0.4) is 0 Å². The number of hydrogen-bond donors (Lipinski definition) is 3. The molecule has 2 saturated carbocycles. The summed E-state index contributed by atoms with van der Waals surface area (Å²) in [7, 11) is 0. The molecule has 0 spiro atoms. The summed E-state index contributed by atoms with van der Waals surface area (Å²) < 4.78 is 9.40. The molecule has 8 heteroatoms. The average molecular weight is 459 g/mol. The van der Waals surface area contributed by atoms with Gasteiger partial charge in [-0.25, -0.2) is 0 Å². The summed E-state index contributed by atoms with van der Waals surface area (Å²) in [4.78, 5) is 13.4. The highest BCUT2D eigenvalue weighted by atomic mass is 16.5. The Bertz CT molecular complexity index is 917. The van der Waals surface area contributed by atoms with Crippen LogP contribution >= 0.6 is 0 Å². The van der Waals surface area contributed by atoms with E-state index in [0.29, 0.717) is 30.5 Å². The van der Waals surface area contributed by atoms with Crippen LogP contribution in [-0.4, -0.2) is 42.2 Å². The highest BCUT2D eigenvalue weighted by Gasteiger charge is 2.29. The standard InChI is InChI=1S/C25H38N4O4/c1-25(2,32)17-28-13-12-22(27-28)26-24(31)21(14-18-8-6-7-9-18)29-16-20(15-23(29)30)33-19-10-4-3-5-11-19/h12-13,15-16,18-19,21,30,32H,3-11,14,17H2,1-2H3,(H,26,27,31)/t21-/m0/s1. The summed E-state index contributed by atoms with van der Waals surface area (Å²) in [5.41, 5.74) is -0.899. The predicted molar refractivity (Wildman–Crippen MR) is 126 cm³/mol. The molecule has 0 aliphatic heterocycles. The van der Waals surface area contributed by atoms with Crippen molar-refractivity contribution in [3.05, 3.63) is 24.5 Å². The maximum atomic E-state index is 13.4. The Hall–Kier alpha value is -2.48. The third-order valence-electron chi connectivity index (χ3n) is 6.77. The van der Waals surface area contributed by atoms with Crippen molar-refractivity contribution in [2.75, 3.05) is 5.32 Å². The van der Waals surface area contributed by atoms with Crippen molar-refractivity contribution in [1.82, 2.24) is 14.3 Å². The van der Waals surface area contributed by atoms with Crippen molar-refractivity contribution in [3.8, 4) is 11.6 Å². The second kappa shape index (κ2) is 10.2. The number of rotatable bonds is 9. The molecule has 0 unspecified atom stereocenters. The van der Waals surface area contributed by atoms with Gasteiger partial charge in [-0.15, -0.1) is 0 Å². The molecule has 1 atom stereocenters. The second-order valence-electron chi connectivity index (χ2n) is 10.4. The van der Waals surface area contributed by atoms with Gasteiger partial charge in [0.05, 0.1) is 24.4 Å². The number of carbonyl (C=O) groups excluding carboxylic acids is 1. The molecule has 182 valence electrons. The van der Waals surface area contributed by atoms with Gasteiger partial charge in [0.15, 0.2) is 11.7 Å².